The van der Waals surface area contributed by atoms with Crippen molar-refractivity contribution >= 4 is 16.0 Å². The highest BCUT2D eigenvalue weighted by Crippen LogP contribution is 2.42. The maximum Gasteiger partial charge on any atom is 0.322 e. The van der Waals surface area contributed by atoms with Crippen LogP contribution in [0.4, 0.5) is 0 Å². The summed E-state index contributed by atoms with van der Waals surface area (Å²) >= 11 is 0. The number of hydrogen-bond donors (Lipinski definition) is 1. The number of hydrogen-bond acceptors (Lipinski definition) is 4. The molecule has 0 radical (unpaired) electrons. The smallest absolute Gasteiger partial charge is 0.322 e. The van der Waals surface area contributed by atoms with E-state index in [0.717, 1.165) is 25.7 Å². The Hall–Kier alpha value is -1.41. The number of aromatic nitrogens is 2. The fourth-order valence-corrected chi connectivity index (χ4v) is 5.48. The molecule has 0 unspecified atom stereocenters. The van der Waals surface area contributed by atoms with Gasteiger partial charge in [0.2, 0.25) is 10.0 Å². The molecule has 0 spiro atoms. The number of nitrogens with zero attached hydrogens (tertiary/aromatic N) is 3. The standard InChI is InChI=1S/C13H19N3O4S/c1-15-8-10(7-14-15)21(19,20)16-11-5-3-2-4-9(11)6-12(16)13(17)18/h7-9,11-12H,2-6H2,1H3,(H,17,18)/t9-,11-,12+/m1/s1. The van der Waals surface area contributed by atoms with Crippen LogP contribution in [0.2, 0.25) is 0 Å². The van der Waals surface area contributed by atoms with Crippen LogP contribution in [0.25, 0.3) is 0 Å². The summed E-state index contributed by atoms with van der Waals surface area (Å²) < 4.78 is 28.3. The van der Waals surface area contributed by atoms with E-state index in [2.05, 4.69) is 5.10 Å². The highest BCUT2D eigenvalue weighted by Gasteiger charge is 2.51. The van der Waals surface area contributed by atoms with Crippen LogP contribution in [0.15, 0.2) is 17.3 Å². The fraction of sp³-hybridized carbons (Fsp3) is 0.692. The van der Waals surface area contributed by atoms with Crippen LogP contribution in [0.1, 0.15) is 32.1 Å². The first kappa shape index (κ1) is 14.5. The molecule has 2 heterocycles. The Labute approximate surface area is 123 Å². The second-order valence-corrected chi connectivity index (χ2v) is 7.73. The molecular formula is C13H19N3O4S. The van der Waals surface area contributed by atoms with Crippen molar-refractivity contribution in [2.24, 2.45) is 13.0 Å². The van der Waals surface area contributed by atoms with E-state index in [4.69, 9.17) is 0 Å². The topological polar surface area (TPSA) is 92.5 Å². The summed E-state index contributed by atoms with van der Waals surface area (Å²) in [4.78, 5) is 11.6. The first-order valence-electron chi connectivity index (χ1n) is 7.16. The number of aryl methyl sites for hydroxylation is 1. The van der Waals surface area contributed by atoms with Crippen molar-refractivity contribution in [3.05, 3.63) is 12.4 Å². The molecule has 116 valence electrons. The van der Waals surface area contributed by atoms with Crippen molar-refractivity contribution in [3.8, 4) is 0 Å². The molecule has 8 heteroatoms. The lowest BCUT2D eigenvalue weighted by Crippen LogP contribution is -2.46. The third kappa shape index (κ3) is 2.36. The van der Waals surface area contributed by atoms with E-state index in [0.29, 0.717) is 6.42 Å². The maximum atomic E-state index is 12.8. The fourth-order valence-electron chi connectivity index (χ4n) is 3.63. The Bertz CT molecular complexity index is 654. The number of aliphatic carboxylic acids is 1. The predicted molar refractivity (Wildman–Crippen MR) is 74.0 cm³/mol. The summed E-state index contributed by atoms with van der Waals surface area (Å²) in [5, 5.41) is 13.3. The first-order valence-corrected chi connectivity index (χ1v) is 8.60. The van der Waals surface area contributed by atoms with Gasteiger partial charge >= 0.3 is 5.97 Å². The summed E-state index contributed by atoms with van der Waals surface area (Å²) in [6, 6.07) is -1.15. The van der Waals surface area contributed by atoms with Gasteiger partial charge in [-0.15, -0.1) is 0 Å². The van der Waals surface area contributed by atoms with Crippen LogP contribution in [-0.4, -0.2) is 45.7 Å². The van der Waals surface area contributed by atoms with Crippen molar-refractivity contribution in [2.45, 2.75) is 49.1 Å². The highest BCUT2D eigenvalue weighted by molar-refractivity contribution is 7.89. The van der Waals surface area contributed by atoms with Crippen molar-refractivity contribution in [1.29, 1.82) is 0 Å². The van der Waals surface area contributed by atoms with Crippen molar-refractivity contribution in [3.63, 3.8) is 0 Å². The molecule has 1 aliphatic heterocycles. The van der Waals surface area contributed by atoms with Gasteiger partial charge < -0.3 is 5.11 Å². The number of sulfonamides is 1. The van der Waals surface area contributed by atoms with E-state index in [-0.39, 0.29) is 16.9 Å². The summed E-state index contributed by atoms with van der Waals surface area (Å²) in [6.07, 6.45) is 6.77. The number of fused-ring (bicyclic) bond motifs is 1. The molecule has 21 heavy (non-hydrogen) atoms. The lowest BCUT2D eigenvalue weighted by atomic mass is 9.85. The molecule has 7 nitrogen and oxygen atoms in total. The molecule has 1 saturated heterocycles. The molecule has 0 amide bonds. The Morgan fingerprint density at radius 1 is 1.38 bits per heavy atom. The Morgan fingerprint density at radius 2 is 2.10 bits per heavy atom. The normalized spacial score (nSPS) is 30.2. The lowest BCUT2D eigenvalue weighted by molar-refractivity contribution is -0.141. The van der Waals surface area contributed by atoms with E-state index < -0.39 is 22.0 Å². The third-order valence-electron chi connectivity index (χ3n) is 4.57. The van der Waals surface area contributed by atoms with E-state index >= 15 is 0 Å². The number of rotatable bonds is 3. The Kier molecular flexibility index (Phi) is 3.53. The third-order valence-corrected chi connectivity index (χ3v) is 6.46. The van der Waals surface area contributed by atoms with Gasteiger partial charge in [-0.1, -0.05) is 12.8 Å². The zero-order chi connectivity index (χ0) is 15.2. The van der Waals surface area contributed by atoms with Crippen LogP contribution in [0.5, 0.6) is 0 Å². The molecule has 2 aliphatic rings. The largest absolute Gasteiger partial charge is 0.480 e. The van der Waals surface area contributed by atoms with Gasteiger partial charge in [0.15, 0.2) is 0 Å². The van der Waals surface area contributed by atoms with Gasteiger partial charge in [0, 0.05) is 19.3 Å². The van der Waals surface area contributed by atoms with Gasteiger partial charge in [-0.3, -0.25) is 9.48 Å². The molecule has 0 bridgehead atoms. The first-order chi connectivity index (χ1) is 9.91. The zero-order valence-corrected chi connectivity index (χ0v) is 12.7. The SMILES string of the molecule is Cn1cc(S(=O)(=O)N2[C@@H]3CCCC[C@@H]3C[C@H]2C(=O)O)cn1. The monoisotopic (exact) mass is 313 g/mol. The number of carboxylic acids is 1. The molecule has 3 rings (SSSR count). The molecule has 1 saturated carbocycles. The molecule has 0 aromatic carbocycles. The molecule has 1 aromatic heterocycles. The average Bonchev–Trinajstić information content (AvgIpc) is 3.02. The van der Waals surface area contributed by atoms with Crippen molar-refractivity contribution in [1.82, 2.24) is 14.1 Å². The second-order valence-electron chi connectivity index (χ2n) is 5.89. The van der Waals surface area contributed by atoms with Gasteiger partial charge in [0.05, 0.1) is 6.20 Å². The van der Waals surface area contributed by atoms with E-state index in [1.165, 1.54) is 21.4 Å². The minimum absolute atomic E-state index is 0.0717. The maximum absolute atomic E-state index is 12.8. The van der Waals surface area contributed by atoms with Gasteiger partial charge in [-0.2, -0.15) is 9.40 Å². The minimum atomic E-state index is -3.81. The van der Waals surface area contributed by atoms with Crippen LogP contribution >= 0.6 is 0 Å². The van der Waals surface area contributed by atoms with Crippen LogP contribution in [0, 0.1) is 5.92 Å². The van der Waals surface area contributed by atoms with Crippen molar-refractivity contribution < 1.29 is 18.3 Å². The predicted octanol–water partition coefficient (Wildman–Crippen LogP) is 0.827. The highest BCUT2D eigenvalue weighted by atomic mass is 32.2. The zero-order valence-electron chi connectivity index (χ0n) is 11.8. The molecule has 1 aromatic rings. The molecule has 1 aliphatic carbocycles. The lowest BCUT2D eigenvalue weighted by Gasteiger charge is -2.31. The summed E-state index contributed by atoms with van der Waals surface area (Å²) in [5.41, 5.74) is 0. The van der Waals surface area contributed by atoms with Gasteiger partial charge in [0.25, 0.3) is 0 Å². The van der Waals surface area contributed by atoms with Gasteiger partial charge in [-0.25, -0.2) is 8.42 Å². The van der Waals surface area contributed by atoms with Gasteiger partial charge in [-0.05, 0) is 25.2 Å². The van der Waals surface area contributed by atoms with Crippen LogP contribution in [0.3, 0.4) is 0 Å². The number of carbonyl (C=O) groups is 1. The number of carboxylic acid groups (broad SMARTS) is 1. The summed E-state index contributed by atoms with van der Waals surface area (Å²) in [5.74, 6) is -0.900. The quantitative estimate of drug-likeness (QED) is 0.892. The van der Waals surface area contributed by atoms with E-state index in [1.807, 2.05) is 0 Å². The van der Waals surface area contributed by atoms with Crippen molar-refractivity contribution in [2.75, 3.05) is 0 Å². The van der Waals surface area contributed by atoms with E-state index in [1.54, 1.807) is 7.05 Å². The molecule has 2 fully saturated rings. The van der Waals surface area contributed by atoms with Gasteiger partial charge in [0.1, 0.15) is 10.9 Å². The molecular weight excluding hydrogens is 294 g/mol. The van der Waals surface area contributed by atoms with Crippen LogP contribution in [-0.2, 0) is 21.9 Å². The Morgan fingerprint density at radius 3 is 2.71 bits per heavy atom. The minimum Gasteiger partial charge on any atom is -0.480 e. The van der Waals surface area contributed by atoms with E-state index in [9.17, 15) is 18.3 Å². The Balaban J connectivity index is 2.02. The summed E-state index contributed by atoms with van der Waals surface area (Å²) in [6.45, 7) is 0. The average molecular weight is 313 g/mol. The summed E-state index contributed by atoms with van der Waals surface area (Å²) in [7, 11) is -2.17. The molecule has 1 N–H and O–H groups in total. The second kappa shape index (κ2) is 5.10. The van der Waals surface area contributed by atoms with Crippen LogP contribution < -0.4 is 0 Å². The molecule has 3 atom stereocenters.